The van der Waals surface area contributed by atoms with Gasteiger partial charge in [-0.3, -0.25) is 0 Å². The molecule has 0 saturated heterocycles. The maximum Gasteiger partial charge on any atom is -0.0266 e. The second kappa shape index (κ2) is 4.30. The van der Waals surface area contributed by atoms with Crippen LogP contribution < -0.4 is 0 Å². The van der Waals surface area contributed by atoms with Gasteiger partial charge >= 0.3 is 0 Å². The summed E-state index contributed by atoms with van der Waals surface area (Å²) in [7, 11) is 0. The van der Waals surface area contributed by atoms with E-state index in [1.807, 2.05) is 13.8 Å². The Balaban J connectivity index is 0.000000396. The van der Waals surface area contributed by atoms with Crippen molar-refractivity contribution < 1.29 is 0 Å². The summed E-state index contributed by atoms with van der Waals surface area (Å²) < 4.78 is 0. The fourth-order valence-corrected chi connectivity index (χ4v) is 3.02. The first-order valence-corrected chi connectivity index (χ1v) is 5.86. The van der Waals surface area contributed by atoms with Gasteiger partial charge in [0.15, 0.2) is 0 Å². The predicted molar refractivity (Wildman–Crippen MR) is 59.8 cm³/mol. The van der Waals surface area contributed by atoms with E-state index in [0.29, 0.717) is 5.41 Å². The molecule has 2 bridgehead atoms. The zero-order valence-electron chi connectivity index (χ0n) is 9.69. The summed E-state index contributed by atoms with van der Waals surface area (Å²) in [6, 6.07) is 0. The van der Waals surface area contributed by atoms with E-state index in [0.717, 1.165) is 5.92 Å². The number of fused-ring (bicyclic) bond motifs is 2. The zero-order valence-corrected chi connectivity index (χ0v) is 9.69. The van der Waals surface area contributed by atoms with E-state index < -0.39 is 0 Å². The van der Waals surface area contributed by atoms with Crippen molar-refractivity contribution >= 4 is 0 Å². The van der Waals surface area contributed by atoms with Crippen molar-refractivity contribution in [1.82, 2.24) is 0 Å². The normalized spacial score (nSPS) is 37.2. The molecular weight excluding hydrogens is 156 g/mol. The minimum Gasteiger partial charge on any atom is -0.0853 e. The van der Waals surface area contributed by atoms with E-state index in [2.05, 4.69) is 19.9 Å². The molecule has 13 heavy (non-hydrogen) atoms. The molecule has 0 aromatic heterocycles. The van der Waals surface area contributed by atoms with E-state index in [1.54, 1.807) is 5.57 Å². The molecule has 2 rings (SSSR count). The van der Waals surface area contributed by atoms with Crippen LogP contribution in [0, 0.1) is 11.3 Å². The highest BCUT2D eigenvalue weighted by Crippen LogP contribution is 2.47. The first-order valence-electron chi connectivity index (χ1n) is 5.86. The van der Waals surface area contributed by atoms with Gasteiger partial charge in [0.2, 0.25) is 0 Å². The fourth-order valence-electron chi connectivity index (χ4n) is 3.02. The molecule has 2 atom stereocenters. The average Bonchev–Trinajstić information content (AvgIpc) is 2.05. The topological polar surface area (TPSA) is 0 Å². The Morgan fingerprint density at radius 3 is 2.69 bits per heavy atom. The van der Waals surface area contributed by atoms with Crippen LogP contribution in [0.1, 0.15) is 59.8 Å². The van der Waals surface area contributed by atoms with Gasteiger partial charge in [-0.2, -0.15) is 0 Å². The van der Waals surface area contributed by atoms with Crippen LogP contribution in [0.4, 0.5) is 0 Å². The van der Waals surface area contributed by atoms with Gasteiger partial charge in [-0.05, 0) is 43.4 Å². The summed E-state index contributed by atoms with van der Waals surface area (Å²) in [6.07, 6.45) is 9.51. The minimum atomic E-state index is 0.682. The van der Waals surface area contributed by atoms with Gasteiger partial charge in [-0.25, -0.2) is 0 Å². The first kappa shape index (κ1) is 10.8. The van der Waals surface area contributed by atoms with E-state index >= 15 is 0 Å². The molecule has 0 nitrogen and oxygen atoms in total. The van der Waals surface area contributed by atoms with Gasteiger partial charge in [-0.1, -0.05) is 39.3 Å². The van der Waals surface area contributed by atoms with Gasteiger partial charge in [0, 0.05) is 0 Å². The molecule has 2 aliphatic rings. The lowest BCUT2D eigenvalue weighted by Crippen LogP contribution is -2.28. The summed E-state index contributed by atoms with van der Waals surface area (Å²) in [5.74, 6) is 0.945. The Bertz CT molecular complexity index is 190. The van der Waals surface area contributed by atoms with E-state index in [1.165, 1.54) is 32.1 Å². The Labute approximate surface area is 83.4 Å². The first-order chi connectivity index (χ1) is 6.18. The summed E-state index contributed by atoms with van der Waals surface area (Å²) in [4.78, 5) is 0. The van der Waals surface area contributed by atoms with Crippen LogP contribution in [0.2, 0.25) is 0 Å². The van der Waals surface area contributed by atoms with E-state index in [9.17, 15) is 0 Å². The third-order valence-corrected chi connectivity index (χ3v) is 3.29. The maximum absolute atomic E-state index is 2.48. The SMILES string of the molecule is CC.CC1CC2=CCCC(C)(C2)C1. The highest BCUT2D eigenvalue weighted by Gasteiger charge is 2.34. The molecule has 0 N–H and O–H groups in total. The van der Waals surface area contributed by atoms with Gasteiger partial charge in [0.05, 0.1) is 0 Å². The molecule has 76 valence electrons. The number of rotatable bonds is 0. The van der Waals surface area contributed by atoms with Crippen LogP contribution in [-0.4, -0.2) is 0 Å². The molecule has 1 fully saturated rings. The van der Waals surface area contributed by atoms with Crippen LogP contribution in [-0.2, 0) is 0 Å². The van der Waals surface area contributed by atoms with Crippen molar-refractivity contribution in [1.29, 1.82) is 0 Å². The number of hydrogen-bond donors (Lipinski definition) is 0. The second-order valence-corrected chi connectivity index (χ2v) is 4.90. The molecule has 0 spiro atoms. The van der Waals surface area contributed by atoms with Crippen molar-refractivity contribution in [2.75, 3.05) is 0 Å². The van der Waals surface area contributed by atoms with Gasteiger partial charge in [-0.15, -0.1) is 0 Å². The Morgan fingerprint density at radius 2 is 2.08 bits per heavy atom. The zero-order chi connectivity index (χ0) is 9.90. The third kappa shape index (κ3) is 2.59. The smallest absolute Gasteiger partial charge is 0.0266 e. The third-order valence-electron chi connectivity index (χ3n) is 3.29. The molecule has 2 aliphatic carbocycles. The molecule has 2 unspecified atom stereocenters. The largest absolute Gasteiger partial charge is 0.0853 e. The van der Waals surface area contributed by atoms with Crippen LogP contribution >= 0.6 is 0 Å². The average molecular weight is 180 g/mol. The molecule has 0 aromatic carbocycles. The Hall–Kier alpha value is -0.260. The molecule has 0 radical (unpaired) electrons. The van der Waals surface area contributed by atoms with Crippen LogP contribution in [0.3, 0.4) is 0 Å². The summed E-state index contributed by atoms with van der Waals surface area (Å²) in [5.41, 5.74) is 2.43. The quantitative estimate of drug-likeness (QED) is 0.479. The molecule has 0 amide bonds. The van der Waals surface area contributed by atoms with Crippen LogP contribution in [0.5, 0.6) is 0 Å². The van der Waals surface area contributed by atoms with Crippen molar-refractivity contribution in [3.63, 3.8) is 0 Å². The molecule has 0 aliphatic heterocycles. The predicted octanol–water partition coefficient (Wildman–Crippen LogP) is 4.56. The monoisotopic (exact) mass is 180 g/mol. The van der Waals surface area contributed by atoms with Crippen molar-refractivity contribution in [3.8, 4) is 0 Å². The van der Waals surface area contributed by atoms with Gasteiger partial charge < -0.3 is 0 Å². The second-order valence-electron chi connectivity index (χ2n) is 4.90. The Kier molecular flexibility index (Phi) is 3.58. The van der Waals surface area contributed by atoms with E-state index in [-0.39, 0.29) is 0 Å². The lowest BCUT2D eigenvalue weighted by atomic mass is 9.64. The lowest BCUT2D eigenvalue weighted by molar-refractivity contribution is 0.182. The number of hydrogen-bond acceptors (Lipinski definition) is 0. The molecule has 0 heterocycles. The Morgan fingerprint density at radius 1 is 1.38 bits per heavy atom. The summed E-state index contributed by atoms with van der Waals surface area (Å²) in [6.45, 7) is 8.87. The van der Waals surface area contributed by atoms with Gasteiger partial charge in [0.1, 0.15) is 0 Å². The van der Waals surface area contributed by atoms with Crippen molar-refractivity contribution in [3.05, 3.63) is 11.6 Å². The highest BCUT2D eigenvalue weighted by molar-refractivity contribution is 5.14. The lowest BCUT2D eigenvalue weighted by Gasteiger charge is -2.41. The maximum atomic E-state index is 2.48. The summed E-state index contributed by atoms with van der Waals surface area (Å²) in [5, 5.41) is 0. The van der Waals surface area contributed by atoms with Crippen LogP contribution in [0.25, 0.3) is 0 Å². The van der Waals surface area contributed by atoms with Crippen molar-refractivity contribution in [2.24, 2.45) is 11.3 Å². The molecule has 1 saturated carbocycles. The van der Waals surface area contributed by atoms with E-state index in [4.69, 9.17) is 0 Å². The highest BCUT2D eigenvalue weighted by atomic mass is 14.4. The molecule has 0 aromatic rings. The van der Waals surface area contributed by atoms with Crippen LogP contribution in [0.15, 0.2) is 11.6 Å². The molecular formula is C13H24. The van der Waals surface area contributed by atoms with Gasteiger partial charge in [0.25, 0.3) is 0 Å². The number of allylic oxidation sites excluding steroid dienone is 2. The standard InChI is InChI=1S/C11H18.C2H6/c1-9-6-10-4-3-5-11(2,7-9)8-10;1-2/h4,9H,3,5-8H2,1-2H3;1-2H3. The fraction of sp³-hybridized carbons (Fsp3) is 0.846. The summed E-state index contributed by atoms with van der Waals surface area (Å²) >= 11 is 0. The van der Waals surface area contributed by atoms with Crippen molar-refractivity contribution in [2.45, 2.75) is 59.8 Å². The minimum absolute atomic E-state index is 0.682. The molecule has 0 heteroatoms.